The van der Waals surface area contributed by atoms with Gasteiger partial charge in [-0.1, -0.05) is 13.3 Å². The van der Waals surface area contributed by atoms with Crippen LogP contribution in [0.3, 0.4) is 0 Å². The van der Waals surface area contributed by atoms with Gasteiger partial charge in [0.2, 0.25) is 0 Å². The molecular weight excluding hydrogens is 267 g/mol. The molecule has 0 bridgehead atoms. The van der Waals surface area contributed by atoms with E-state index in [4.69, 9.17) is 5.11 Å². The highest BCUT2D eigenvalue weighted by molar-refractivity contribution is 5.93. The van der Waals surface area contributed by atoms with E-state index in [2.05, 4.69) is 0 Å². The van der Waals surface area contributed by atoms with Crippen LogP contribution >= 0.6 is 0 Å². The van der Waals surface area contributed by atoms with E-state index in [1.54, 1.807) is 4.90 Å². The molecule has 0 aromatic heterocycles. The van der Waals surface area contributed by atoms with E-state index >= 15 is 0 Å². The minimum atomic E-state index is -1.44. The summed E-state index contributed by atoms with van der Waals surface area (Å²) >= 11 is 0. The topological polar surface area (TPSA) is 83.7 Å². The van der Waals surface area contributed by atoms with Crippen LogP contribution in [-0.4, -0.2) is 29.1 Å². The Morgan fingerprint density at radius 1 is 1.45 bits per heavy atom. The Labute approximate surface area is 116 Å². The lowest BCUT2D eigenvalue weighted by molar-refractivity contribution is -0.385. The van der Waals surface area contributed by atoms with Crippen molar-refractivity contribution in [3.63, 3.8) is 0 Å². The van der Waals surface area contributed by atoms with Crippen LogP contribution in [0.4, 0.5) is 15.8 Å². The highest BCUT2D eigenvalue weighted by Crippen LogP contribution is 2.28. The first-order valence-corrected chi connectivity index (χ1v) is 6.38. The zero-order chi connectivity index (χ0) is 15.3. The number of nitro benzene ring substituents is 1. The van der Waals surface area contributed by atoms with E-state index in [1.165, 1.54) is 0 Å². The van der Waals surface area contributed by atoms with E-state index in [0.29, 0.717) is 19.2 Å². The van der Waals surface area contributed by atoms with Crippen LogP contribution in [0.2, 0.25) is 0 Å². The largest absolute Gasteiger partial charge is 0.477 e. The summed E-state index contributed by atoms with van der Waals surface area (Å²) in [6.07, 6.45) is 1.74. The number of carboxylic acid groups (broad SMARTS) is 1. The van der Waals surface area contributed by atoms with Gasteiger partial charge in [0, 0.05) is 13.1 Å². The molecule has 1 N–H and O–H groups in total. The van der Waals surface area contributed by atoms with E-state index in [9.17, 15) is 19.3 Å². The van der Waals surface area contributed by atoms with Crippen molar-refractivity contribution in [2.24, 2.45) is 0 Å². The summed E-state index contributed by atoms with van der Waals surface area (Å²) in [5.41, 5.74) is -1.14. The Bertz CT molecular complexity index is 519. The maximum atomic E-state index is 14.0. The number of nitro groups is 1. The molecule has 0 spiro atoms. The fourth-order valence-electron chi connectivity index (χ4n) is 1.91. The normalized spacial score (nSPS) is 10.3. The number of carboxylic acids is 1. The number of anilines is 1. The molecule has 1 aromatic carbocycles. The number of hydrogen-bond donors (Lipinski definition) is 1. The Kier molecular flexibility index (Phi) is 5.42. The monoisotopic (exact) mass is 284 g/mol. The number of halogens is 1. The maximum Gasteiger partial charge on any atom is 0.342 e. The molecule has 1 rings (SSSR count). The number of carbonyl (C=O) groups is 1. The third-order valence-corrected chi connectivity index (χ3v) is 3.00. The molecule has 0 heterocycles. The van der Waals surface area contributed by atoms with Gasteiger partial charge in [-0.2, -0.15) is 0 Å². The van der Waals surface area contributed by atoms with E-state index < -0.39 is 28.0 Å². The summed E-state index contributed by atoms with van der Waals surface area (Å²) in [5, 5.41) is 19.8. The molecular formula is C13H17FN2O4. The summed E-state index contributed by atoms with van der Waals surface area (Å²) in [6.45, 7) is 4.87. The highest BCUT2D eigenvalue weighted by atomic mass is 19.1. The van der Waals surface area contributed by atoms with Gasteiger partial charge in [0.1, 0.15) is 5.56 Å². The Hall–Kier alpha value is -2.18. The second kappa shape index (κ2) is 6.83. The first kappa shape index (κ1) is 15.9. The summed E-state index contributed by atoms with van der Waals surface area (Å²) in [6, 6.07) is 1.71. The zero-order valence-corrected chi connectivity index (χ0v) is 11.4. The van der Waals surface area contributed by atoms with Gasteiger partial charge in [0.25, 0.3) is 5.69 Å². The molecule has 0 unspecified atom stereocenters. The molecule has 0 saturated heterocycles. The molecule has 0 amide bonds. The molecule has 0 aliphatic carbocycles. The second-order valence-corrected chi connectivity index (χ2v) is 4.32. The van der Waals surface area contributed by atoms with E-state index in [-0.39, 0.29) is 5.69 Å². The molecule has 0 atom stereocenters. The van der Waals surface area contributed by atoms with Crippen molar-refractivity contribution in [3.8, 4) is 0 Å². The number of aromatic carboxylic acids is 1. The lowest BCUT2D eigenvalue weighted by Crippen LogP contribution is -2.25. The fraction of sp³-hybridized carbons (Fsp3) is 0.462. The zero-order valence-electron chi connectivity index (χ0n) is 11.4. The Morgan fingerprint density at radius 2 is 2.10 bits per heavy atom. The van der Waals surface area contributed by atoms with Crippen LogP contribution in [0.1, 0.15) is 37.0 Å². The smallest absolute Gasteiger partial charge is 0.342 e. The highest BCUT2D eigenvalue weighted by Gasteiger charge is 2.24. The molecule has 1 aromatic rings. The standard InChI is InChI=1S/C13H17FN2O4/c1-3-5-6-15(4-2)12-7-9(13(17)18)11(16(19)20)8-10(12)14/h7-8H,3-6H2,1-2H3,(H,17,18). The molecule has 20 heavy (non-hydrogen) atoms. The minimum Gasteiger partial charge on any atom is -0.477 e. The molecule has 0 fully saturated rings. The predicted octanol–water partition coefficient (Wildman–Crippen LogP) is 3.06. The van der Waals surface area contributed by atoms with Crippen LogP contribution in [0.15, 0.2) is 12.1 Å². The lowest BCUT2D eigenvalue weighted by Gasteiger charge is -2.23. The molecule has 0 saturated carbocycles. The summed E-state index contributed by atoms with van der Waals surface area (Å²) < 4.78 is 14.0. The van der Waals surface area contributed by atoms with Crippen molar-refractivity contribution in [1.29, 1.82) is 0 Å². The number of nitrogens with zero attached hydrogens (tertiary/aromatic N) is 2. The third kappa shape index (κ3) is 3.43. The number of benzene rings is 1. The predicted molar refractivity (Wildman–Crippen MR) is 72.8 cm³/mol. The number of hydrogen-bond acceptors (Lipinski definition) is 4. The van der Waals surface area contributed by atoms with Crippen LogP contribution in [0.5, 0.6) is 0 Å². The van der Waals surface area contributed by atoms with Gasteiger partial charge in [-0.25, -0.2) is 9.18 Å². The quantitative estimate of drug-likeness (QED) is 0.614. The van der Waals surface area contributed by atoms with Gasteiger partial charge < -0.3 is 10.0 Å². The molecule has 110 valence electrons. The first-order chi connectivity index (χ1) is 9.42. The first-order valence-electron chi connectivity index (χ1n) is 6.38. The van der Waals surface area contributed by atoms with Gasteiger partial charge in [0.05, 0.1) is 16.7 Å². The molecule has 6 nitrogen and oxygen atoms in total. The van der Waals surface area contributed by atoms with Gasteiger partial charge in [-0.15, -0.1) is 0 Å². The second-order valence-electron chi connectivity index (χ2n) is 4.32. The van der Waals surface area contributed by atoms with Crippen molar-refractivity contribution in [3.05, 3.63) is 33.6 Å². The number of unbranched alkanes of at least 4 members (excludes halogenated alkanes) is 1. The van der Waals surface area contributed by atoms with E-state index in [1.807, 2.05) is 13.8 Å². The fourth-order valence-corrected chi connectivity index (χ4v) is 1.91. The molecule has 7 heteroatoms. The molecule has 0 radical (unpaired) electrons. The van der Waals surface area contributed by atoms with Crippen LogP contribution in [-0.2, 0) is 0 Å². The van der Waals surface area contributed by atoms with Crippen LogP contribution in [0, 0.1) is 15.9 Å². The Balaban J connectivity index is 3.30. The molecule has 0 aliphatic heterocycles. The Morgan fingerprint density at radius 3 is 2.55 bits per heavy atom. The van der Waals surface area contributed by atoms with Crippen molar-refractivity contribution in [2.75, 3.05) is 18.0 Å². The summed E-state index contributed by atoms with van der Waals surface area (Å²) in [4.78, 5) is 22.6. The summed E-state index contributed by atoms with van der Waals surface area (Å²) in [7, 11) is 0. The average Bonchev–Trinajstić information content (AvgIpc) is 2.40. The maximum absolute atomic E-state index is 14.0. The van der Waals surface area contributed by atoms with Gasteiger partial charge in [0.15, 0.2) is 5.82 Å². The SMILES string of the molecule is CCCCN(CC)c1cc(C(=O)O)c([N+](=O)[O-])cc1F. The average molecular weight is 284 g/mol. The molecule has 0 aliphatic rings. The van der Waals surface area contributed by atoms with Gasteiger partial charge in [-0.3, -0.25) is 10.1 Å². The van der Waals surface area contributed by atoms with Crippen LogP contribution < -0.4 is 4.90 Å². The van der Waals surface area contributed by atoms with Crippen molar-refractivity contribution < 1.29 is 19.2 Å². The number of rotatable bonds is 7. The third-order valence-electron chi connectivity index (χ3n) is 3.00. The minimum absolute atomic E-state index is 0.0870. The van der Waals surface area contributed by atoms with E-state index in [0.717, 1.165) is 18.9 Å². The van der Waals surface area contributed by atoms with Gasteiger partial charge >= 0.3 is 5.97 Å². The van der Waals surface area contributed by atoms with Crippen molar-refractivity contribution >= 4 is 17.3 Å². The summed E-state index contributed by atoms with van der Waals surface area (Å²) in [5.74, 6) is -2.22. The lowest BCUT2D eigenvalue weighted by atomic mass is 10.1. The van der Waals surface area contributed by atoms with Crippen LogP contribution in [0.25, 0.3) is 0 Å². The van der Waals surface area contributed by atoms with Crippen molar-refractivity contribution in [1.82, 2.24) is 0 Å². The van der Waals surface area contributed by atoms with Gasteiger partial charge in [-0.05, 0) is 19.4 Å². The van der Waals surface area contributed by atoms with Crippen molar-refractivity contribution in [2.45, 2.75) is 26.7 Å².